The van der Waals surface area contributed by atoms with Gasteiger partial charge in [0, 0.05) is 34.1 Å². The van der Waals surface area contributed by atoms with Gasteiger partial charge < -0.3 is 285 Å². The highest BCUT2D eigenvalue weighted by molar-refractivity contribution is 5.77. The molecule has 10 aliphatic heterocycles. The van der Waals surface area contributed by atoms with Gasteiger partial charge in [0.05, 0.1) is 97.0 Å². The third-order valence-electron chi connectivity index (χ3n) is 25.1. The largest absolute Gasteiger partial charge is 0.477 e. The number of carboxylic acid groups (broad SMARTS) is 1. The Morgan fingerprint density at radius 1 is 0.345 bits per heavy atom. The van der Waals surface area contributed by atoms with Crippen molar-refractivity contribution in [3.05, 3.63) is 0 Å². The molecule has 0 spiro atoms. The molecule has 55 atom stereocenters. The van der Waals surface area contributed by atoms with Crippen molar-refractivity contribution < 1.29 is 287 Å². The van der Waals surface area contributed by atoms with Gasteiger partial charge in [0.1, 0.15) is 250 Å². The van der Waals surface area contributed by atoms with Crippen molar-refractivity contribution in [2.75, 3.05) is 72.7 Å². The van der Waals surface area contributed by atoms with E-state index in [0.29, 0.717) is 0 Å². The molecule has 4 amide bonds. The molecular weight excluding hydrogens is 1910 g/mol. The molecule has 0 aliphatic carbocycles. The molecule has 139 heavy (non-hydrogen) atoms. The molecule has 10 rings (SSSR count). The number of nitrogens with one attached hydrogen (secondary N) is 4. The smallest absolute Gasteiger partial charge is 0.364 e. The molecule has 0 aromatic carbocycles. The van der Waals surface area contributed by atoms with Crippen molar-refractivity contribution in [1.82, 2.24) is 21.3 Å². The zero-order valence-corrected chi connectivity index (χ0v) is 74.6. The Bertz CT molecular complexity index is 3820. The zero-order chi connectivity index (χ0) is 103. The first kappa shape index (κ1) is 116. The minimum Gasteiger partial charge on any atom is -0.477 e. The summed E-state index contributed by atoms with van der Waals surface area (Å²) in [6, 6.07) is -7.80. The molecule has 10 saturated heterocycles. The maximum absolute atomic E-state index is 13.3. The van der Waals surface area contributed by atoms with Crippen molar-refractivity contribution in [2.45, 2.75) is 378 Å². The summed E-state index contributed by atoms with van der Waals surface area (Å²) in [6.45, 7) is -8.24. The first-order valence-corrected chi connectivity index (χ1v) is 44.1. The number of ether oxygens (including phenoxy) is 20. The van der Waals surface area contributed by atoms with Crippen LogP contribution in [-0.4, -0.2) is 608 Å². The lowest BCUT2D eigenvalue weighted by Gasteiger charge is -2.51. The van der Waals surface area contributed by atoms with Gasteiger partial charge >= 0.3 is 5.97 Å². The van der Waals surface area contributed by atoms with Crippen LogP contribution in [0.3, 0.4) is 0 Å². The van der Waals surface area contributed by atoms with Crippen molar-refractivity contribution in [2.24, 2.45) is 0 Å². The lowest BCUT2D eigenvalue weighted by molar-refractivity contribution is -0.398. The average molecular weight is 2040 g/mol. The molecule has 0 aromatic heterocycles. The summed E-state index contributed by atoms with van der Waals surface area (Å²) >= 11 is 0. The first-order valence-electron chi connectivity index (χ1n) is 44.1. The second kappa shape index (κ2) is 50.8. The van der Waals surface area contributed by atoms with Crippen LogP contribution < -0.4 is 21.3 Å². The van der Waals surface area contributed by atoms with Crippen LogP contribution in [0.15, 0.2) is 0 Å². The number of aliphatic hydroxyl groups is 32. The fourth-order valence-electron chi connectivity index (χ4n) is 17.4. The normalized spacial score (nSPS) is 46.5. The Hall–Kier alpha value is -4.73. The van der Waals surface area contributed by atoms with Gasteiger partial charge in [0.25, 0.3) is 5.79 Å². The van der Waals surface area contributed by atoms with Crippen LogP contribution in [0.1, 0.15) is 41.0 Å². The van der Waals surface area contributed by atoms with Crippen molar-refractivity contribution in [1.29, 1.82) is 0 Å². The van der Waals surface area contributed by atoms with Gasteiger partial charge in [-0.25, -0.2) is 4.79 Å². The van der Waals surface area contributed by atoms with E-state index < -0.39 is 446 Å². The van der Waals surface area contributed by atoms with Gasteiger partial charge in [-0.2, -0.15) is 0 Å². The number of rotatable bonds is 41. The summed E-state index contributed by atoms with van der Waals surface area (Å²) < 4.78 is 117. The molecule has 0 saturated carbocycles. The highest BCUT2D eigenvalue weighted by Gasteiger charge is 2.63. The number of carboxylic acids is 1. The highest BCUT2D eigenvalue weighted by atomic mass is 16.8. The van der Waals surface area contributed by atoms with Gasteiger partial charge in [0.2, 0.25) is 23.6 Å². The van der Waals surface area contributed by atoms with Crippen LogP contribution in [0.5, 0.6) is 0 Å². The molecule has 62 nitrogen and oxygen atoms in total. The third kappa shape index (κ3) is 26.5. The molecule has 806 valence electrons. The average Bonchev–Trinajstić information content (AvgIpc) is 0.718. The molecule has 0 unspecified atom stereocenters. The van der Waals surface area contributed by atoms with E-state index in [4.69, 9.17) is 94.7 Å². The van der Waals surface area contributed by atoms with Crippen LogP contribution in [0.2, 0.25) is 0 Å². The molecule has 10 fully saturated rings. The second-order valence-electron chi connectivity index (χ2n) is 35.1. The number of carbonyl (C=O) groups excluding carboxylic acids is 4. The number of amides is 4. The van der Waals surface area contributed by atoms with Crippen LogP contribution in [-0.2, 0) is 119 Å². The monoisotopic (exact) mass is 2040 g/mol. The second-order valence-corrected chi connectivity index (χ2v) is 35.1. The fourth-order valence-corrected chi connectivity index (χ4v) is 17.4. The van der Waals surface area contributed by atoms with Gasteiger partial charge in [0.15, 0.2) is 56.6 Å². The van der Waals surface area contributed by atoms with E-state index in [1.54, 1.807) is 0 Å². The van der Waals surface area contributed by atoms with Crippen LogP contribution in [0.4, 0.5) is 0 Å². The minimum atomic E-state index is -3.13. The number of hydrogen-bond acceptors (Lipinski definition) is 57. The van der Waals surface area contributed by atoms with Gasteiger partial charge in [-0.3, -0.25) is 19.2 Å². The maximum atomic E-state index is 13.3. The van der Waals surface area contributed by atoms with E-state index in [2.05, 4.69) is 21.3 Å². The van der Waals surface area contributed by atoms with E-state index in [1.165, 1.54) is 6.92 Å². The zero-order valence-electron chi connectivity index (χ0n) is 74.6. The van der Waals surface area contributed by atoms with Crippen LogP contribution in [0.25, 0.3) is 0 Å². The Kier molecular flexibility index (Phi) is 42.4. The van der Waals surface area contributed by atoms with E-state index in [-0.39, 0.29) is 0 Å². The highest BCUT2D eigenvalue weighted by Crippen LogP contribution is 2.42. The van der Waals surface area contributed by atoms with Gasteiger partial charge in [-0.05, 0) is 6.92 Å². The molecule has 10 heterocycles. The SMILES string of the molecule is CC(=O)N[C@H]1[C@H](O[C@@H]([C@H](O)[C@H](CO)NC(C)=O)[C@H](O)CO[C@@H]2O[C@@H](C)[C@@H](O)[C@@H](O)[C@@H]2O)O[C@H](CO)[C@@H](O[C@@H]2O[C@H](CO[C@H]3O[C@H](CO[C@H]4O[C@H](CO)[C@@H](O)[C@H](O)[C@@H]4O)[C@@H](O)[C@H](O[C@H]4O[C@H](CO)[C@@H](O)[C@H](O)[C@@H]4O)[C@@H]3O)[C@@H](O)[C@H](O[C@H]3O[C@H](CO)[C@@H](O)[C@H](O)[C@@H]3O[C@@H]3O[C@H](CO)[C@@H](O[C@@H]4O[C@H](CO[C@]5(C(=O)O)C[C@H](O)[C@@H](NC(C)=O)[C@H]([C@H](O)[C@H](O)CO)O5)[C@H](O)[C@H](O)[C@H]4O)[C@H](O)[C@H]3NC(C)=O)[C@@H]2O)[C@@H]1O. The Balaban J connectivity index is 0.977. The fraction of sp³-hybridized carbons (Fsp3) is 0.935. The van der Waals surface area contributed by atoms with Gasteiger partial charge in [-0.15, -0.1) is 0 Å². The quantitative estimate of drug-likeness (QED) is 0.0270. The first-order chi connectivity index (χ1) is 65.5. The predicted octanol–water partition coefficient (Wildman–Crippen LogP) is -24.5. The number of hydrogen-bond donors (Lipinski definition) is 37. The van der Waals surface area contributed by atoms with Gasteiger partial charge in [-0.1, -0.05) is 0 Å². The molecule has 0 aromatic rings. The van der Waals surface area contributed by atoms with E-state index in [1.807, 2.05) is 0 Å². The Labute approximate surface area is 786 Å². The number of aliphatic carboxylic acids is 1. The standard InChI is InChI=1S/C77H130N4O58/c1-18-38(96)49(107)54(112)69(124-18)120-14-26(95)60(39(97)23(7-82)78-19(2)89)133-67-36(80-21(4)91)47(105)62(31(13-88)128-67)135-74-59(117)65(46(104)33(131-74)16-122-71-58(116)64(136-72-56(114)51(109)42(100)28(10-85)126-72)45(103)32(130-71)15-121-70-55(113)50(108)41(99)27(9-84)125-70)137-75-66(53(111)43(101)29(11-86)127-75)138-68-37(81-22(5)92)48(106)61(30(12-87)129-68)134-73-57(115)52(110)44(102)34(132-73)17-123-77(76(118)119)6-24(93)35(79-20(3)90)63(139-77)40(98)25(94)8-83/h18,23-75,82-88,93-117H,6-17H2,1-5H3,(H,78,89)(H,79,90)(H,80,91)(H,81,92)(H,118,119)/t18-,23-,24-,25+,26+,27+,28+,29+,30+,31+,32+,33+,34+,35+,36+,37+,38+,39+,40+,41+,42+,43+,44-,45+,46+,47+,48+,49+,50-,51-,52-,53-,54-,55-,56-,57+,58-,59-,60+,61+,62+,63+,64-,65-,66-,67-,68-,69+,70-,71-,72+,73-,74-,75+,77+/m0/s1. The van der Waals surface area contributed by atoms with Crippen LogP contribution in [0, 0.1) is 0 Å². The predicted molar refractivity (Wildman–Crippen MR) is 427 cm³/mol. The minimum absolute atomic E-state index is 0.841. The summed E-state index contributed by atoms with van der Waals surface area (Å²) in [5.41, 5.74) is 0. The van der Waals surface area contributed by atoms with Crippen molar-refractivity contribution >= 4 is 29.6 Å². The van der Waals surface area contributed by atoms with E-state index in [9.17, 15) is 192 Å². The number of aliphatic hydroxyl groups excluding tert-OH is 32. The summed E-state index contributed by atoms with van der Waals surface area (Å²) in [7, 11) is 0. The maximum Gasteiger partial charge on any atom is 0.364 e. The molecular formula is C77H130N4O58. The molecule has 37 N–H and O–H groups in total. The Morgan fingerprint density at radius 3 is 1.18 bits per heavy atom. The lowest BCUT2D eigenvalue weighted by Crippen LogP contribution is -2.70. The molecule has 62 heteroatoms. The van der Waals surface area contributed by atoms with Crippen molar-refractivity contribution in [3.63, 3.8) is 0 Å². The summed E-state index contributed by atoms with van der Waals surface area (Å²) in [5, 5.41) is 378. The Morgan fingerprint density at radius 2 is 0.712 bits per heavy atom. The summed E-state index contributed by atoms with van der Waals surface area (Å²) in [6.07, 6.45) is -112. The number of carbonyl (C=O) groups is 5. The summed E-state index contributed by atoms with van der Waals surface area (Å²) in [5.74, 6) is -9.12. The molecule has 0 radical (unpaired) electrons. The topological polar surface area (TPSA) is 986 Å². The van der Waals surface area contributed by atoms with Crippen molar-refractivity contribution in [3.8, 4) is 0 Å². The van der Waals surface area contributed by atoms with Crippen LogP contribution >= 0.6 is 0 Å². The lowest BCUT2D eigenvalue weighted by atomic mass is 9.88. The third-order valence-corrected chi connectivity index (χ3v) is 25.1. The van der Waals surface area contributed by atoms with E-state index in [0.717, 1.165) is 27.7 Å². The van der Waals surface area contributed by atoms with E-state index >= 15 is 0 Å². The molecule has 0 bridgehead atoms. The molecule has 10 aliphatic rings. The summed E-state index contributed by atoms with van der Waals surface area (Å²) in [4.78, 5) is 64.3.